The Balaban J connectivity index is 2.60. The molecular weight excluding hydrogens is 242 g/mol. The third kappa shape index (κ3) is 4.06. The normalized spacial score (nSPS) is 11.6. The molecule has 1 N–H and O–H groups in total. The van der Waals surface area contributed by atoms with Crippen LogP contribution in [0.5, 0.6) is 0 Å². The molecule has 0 saturated heterocycles. The van der Waals surface area contributed by atoms with E-state index in [2.05, 4.69) is 9.82 Å². The van der Waals surface area contributed by atoms with Crippen LogP contribution in [0.2, 0.25) is 0 Å². The minimum absolute atomic E-state index is 0.395. The van der Waals surface area contributed by atoms with E-state index in [9.17, 15) is 8.42 Å². The number of anilines is 1. The quantitative estimate of drug-likeness (QED) is 0.748. The lowest BCUT2D eigenvalue weighted by atomic mass is 10.6. The number of methoxy groups -OCH3 is 1. The zero-order valence-electron chi connectivity index (χ0n) is 8.18. The molecule has 0 fully saturated rings. The fourth-order valence-corrected chi connectivity index (χ4v) is 1.61. The van der Waals surface area contributed by atoms with Gasteiger partial charge in [0.05, 0.1) is 25.0 Å². The van der Waals surface area contributed by atoms with Gasteiger partial charge in [-0.05, 0) is 0 Å². The highest BCUT2D eigenvalue weighted by atomic mass is 35.5. The smallest absolute Gasteiger partial charge is 0.246 e. The van der Waals surface area contributed by atoms with Crippen LogP contribution in [0.1, 0.15) is 0 Å². The second-order valence-electron chi connectivity index (χ2n) is 2.81. The molecule has 15 heavy (non-hydrogen) atoms. The molecule has 0 unspecified atom stereocenters. The van der Waals surface area contributed by atoms with Crippen LogP contribution in [0.15, 0.2) is 12.4 Å². The Morgan fingerprint density at radius 2 is 2.40 bits per heavy atom. The standard InChI is InChI=1S/C7H12ClN3O3S/c1-14-3-2-11-5-7(4-9-11)10-15(12,13)6-8/h4-5,10H,2-3,6H2,1H3. The van der Waals surface area contributed by atoms with Gasteiger partial charge in [-0.25, -0.2) is 8.42 Å². The zero-order valence-corrected chi connectivity index (χ0v) is 9.75. The molecule has 8 heteroatoms. The summed E-state index contributed by atoms with van der Waals surface area (Å²) in [5.41, 5.74) is 0.395. The Labute approximate surface area is 93.2 Å². The number of rotatable bonds is 6. The molecule has 0 atom stereocenters. The summed E-state index contributed by atoms with van der Waals surface area (Å²) in [5, 5.41) is 3.46. The SMILES string of the molecule is COCCn1cc(NS(=O)(=O)CCl)cn1. The number of aromatic nitrogens is 2. The summed E-state index contributed by atoms with van der Waals surface area (Å²) < 4.78 is 30.9. The molecule has 1 rings (SSSR count). The van der Waals surface area contributed by atoms with Gasteiger partial charge in [0.15, 0.2) is 0 Å². The molecule has 1 heterocycles. The van der Waals surface area contributed by atoms with Gasteiger partial charge in [-0.15, -0.1) is 11.6 Å². The highest BCUT2D eigenvalue weighted by Crippen LogP contribution is 2.08. The maximum absolute atomic E-state index is 11.1. The van der Waals surface area contributed by atoms with Crippen molar-refractivity contribution >= 4 is 27.3 Å². The summed E-state index contributed by atoms with van der Waals surface area (Å²) in [7, 11) is -1.86. The highest BCUT2D eigenvalue weighted by molar-refractivity contribution is 7.93. The van der Waals surface area contributed by atoms with Crippen LogP contribution in [-0.2, 0) is 21.3 Å². The van der Waals surface area contributed by atoms with E-state index in [0.29, 0.717) is 18.8 Å². The van der Waals surface area contributed by atoms with Crippen molar-refractivity contribution in [2.75, 3.05) is 23.7 Å². The Morgan fingerprint density at radius 1 is 1.67 bits per heavy atom. The van der Waals surface area contributed by atoms with E-state index in [1.54, 1.807) is 18.0 Å². The summed E-state index contributed by atoms with van der Waals surface area (Å²) >= 11 is 5.24. The monoisotopic (exact) mass is 253 g/mol. The topological polar surface area (TPSA) is 73.2 Å². The van der Waals surface area contributed by atoms with Gasteiger partial charge in [0.1, 0.15) is 5.21 Å². The third-order valence-corrected chi connectivity index (χ3v) is 3.27. The Kier molecular flexibility index (Phi) is 4.37. The van der Waals surface area contributed by atoms with Crippen molar-refractivity contribution < 1.29 is 13.2 Å². The van der Waals surface area contributed by atoms with Gasteiger partial charge < -0.3 is 4.74 Å². The molecule has 6 nitrogen and oxygen atoms in total. The van der Waals surface area contributed by atoms with E-state index in [4.69, 9.17) is 16.3 Å². The first-order valence-electron chi connectivity index (χ1n) is 4.15. The third-order valence-electron chi connectivity index (χ3n) is 1.57. The first-order chi connectivity index (χ1) is 7.07. The van der Waals surface area contributed by atoms with Gasteiger partial charge >= 0.3 is 0 Å². The van der Waals surface area contributed by atoms with E-state index in [1.807, 2.05) is 0 Å². The lowest BCUT2D eigenvalue weighted by Gasteiger charge is -2.01. The van der Waals surface area contributed by atoms with E-state index in [0.717, 1.165) is 0 Å². The molecule has 1 aromatic rings. The van der Waals surface area contributed by atoms with E-state index in [1.165, 1.54) is 6.20 Å². The fourth-order valence-electron chi connectivity index (χ4n) is 0.930. The van der Waals surface area contributed by atoms with Crippen LogP contribution < -0.4 is 4.72 Å². The molecule has 0 radical (unpaired) electrons. The van der Waals surface area contributed by atoms with Crippen molar-refractivity contribution in [1.29, 1.82) is 0 Å². The lowest BCUT2D eigenvalue weighted by Crippen LogP contribution is -2.12. The Hall–Kier alpha value is -0.790. The first kappa shape index (κ1) is 12.3. The molecule has 0 aliphatic rings. The van der Waals surface area contributed by atoms with E-state index >= 15 is 0 Å². The lowest BCUT2D eigenvalue weighted by molar-refractivity contribution is 0.183. The predicted molar refractivity (Wildman–Crippen MR) is 57.4 cm³/mol. The van der Waals surface area contributed by atoms with Gasteiger partial charge in [-0.3, -0.25) is 9.40 Å². The van der Waals surface area contributed by atoms with Gasteiger partial charge in [-0.1, -0.05) is 0 Å². The molecular formula is C7H12ClN3O3S. The number of hydrogen-bond acceptors (Lipinski definition) is 4. The molecule has 0 aliphatic heterocycles. The van der Waals surface area contributed by atoms with E-state index in [-0.39, 0.29) is 0 Å². The predicted octanol–water partition coefficient (Wildman–Crippen LogP) is 0.468. The zero-order chi connectivity index (χ0) is 11.3. The largest absolute Gasteiger partial charge is 0.383 e. The molecule has 0 spiro atoms. The van der Waals surface area contributed by atoms with Gasteiger partial charge in [0.2, 0.25) is 10.0 Å². The van der Waals surface area contributed by atoms with Crippen molar-refractivity contribution in [1.82, 2.24) is 9.78 Å². The molecule has 86 valence electrons. The minimum Gasteiger partial charge on any atom is -0.383 e. The number of ether oxygens (including phenoxy) is 1. The molecule has 0 saturated carbocycles. The molecule has 0 amide bonds. The van der Waals surface area contributed by atoms with Crippen molar-refractivity contribution in [3.05, 3.63) is 12.4 Å². The highest BCUT2D eigenvalue weighted by Gasteiger charge is 2.09. The van der Waals surface area contributed by atoms with Crippen molar-refractivity contribution in [3.8, 4) is 0 Å². The maximum atomic E-state index is 11.1. The van der Waals surface area contributed by atoms with Crippen LogP contribution in [0.25, 0.3) is 0 Å². The summed E-state index contributed by atoms with van der Waals surface area (Å²) in [6, 6.07) is 0. The van der Waals surface area contributed by atoms with Gasteiger partial charge in [0, 0.05) is 13.3 Å². The number of halogens is 1. The van der Waals surface area contributed by atoms with Gasteiger partial charge in [-0.2, -0.15) is 5.10 Å². The summed E-state index contributed by atoms with van der Waals surface area (Å²) in [4.78, 5) is 0. The fraction of sp³-hybridized carbons (Fsp3) is 0.571. The van der Waals surface area contributed by atoms with Crippen LogP contribution in [0.4, 0.5) is 5.69 Å². The summed E-state index contributed by atoms with van der Waals surface area (Å²) in [6.45, 7) is 1.09. The minimum atomic E-state index is -3.45. The Morgan fingerprint density at radius 3 is 3.00 bits per heavy atom. The summed E-state index contributed by atoms with van der Waals surface area (Å²) in [5.74, 6) is 0. The van der Waals surface area contributed by atoms with Crippen molar-refractivity contribution in [3.63, 3.8) is 0 Å². The second-order valence-corrected chi connectivity index (χ2v) is 5.12. The van der Waals surface area contributed by atoms with Crippen LogP contribution in [-0.4, -0.2) is 37.1 Å². The number of sulfonamides is 1. The Bertz CT molecular complexity index is 403. The molecule has 1 aromatic heterocycles. The molecule has 0 aliphatic carbocycles. The van der Waals surface area contributed by atoms with Crippen LogP contribution >= 0.6 is 11.6 Å². The number of alkyl halides is 1. The first-order valence-corrected chi connectivity index (χ1v) is 6.34. The van der Waals surface area contributed by atoms with Gasteiger partial charge in [0.25, 0.3) is 0 Å². The maximum Gasteiger partial charge on any atom is 0.246 e. The average molecular weight is 254 g/mol. The van der Waals surface area contributed by atoms with E-state index < -0.39 is 15.2 Å². The summed E-state index contributed by atoms with van der Waals surface area (Å²) in [6.07, 6.45) is 2.99. The molecule has 0 bridgehead atoms. The number of nitrogens with one attached hydrogen (secondary N) is 1. The van der Waals surface area contributed by atoms with Crippen LogP contribution in [0, 0.1) is 0 Å². The number of nitrogens with zero attached hydrogens (tertiary/aromatic N) is 2. The van der Waals surface area contributed by atoms with Crippen molar-refractivity contribution in [2.45, 2.75) is 6.54 Å². The molecule has 0 aromatic carbocycles. The van der Waals surface area contributed by atoms with Crippen LogP contribution in [0.3, 0.4) is 0 Å². The number of hydrogen-bond donors (Lipinski definition) is 1. The average Bonchev–Trinajstić information content (AvgIpc) is 2.62. The van der Waals surface area contributed by atoms with Crippen molar-refractivity contribution in [2.24, 2.45) is 0 Å². The second kappa shape index (κ2) is 5.34.